The van der Waals surface area contributed by atoms with Crippen molar-refractivity contribution >= 4 is 17.8 Å². The maximum atomic E-state index is 12.6. The van der Waals surface area contributed by atoms with Gasteiger partial charge in [-0.25, -0.2) is 9.69 Å². The van der Waals surface area contributed by atoms with Crippen molar-refractivity contribution in [3.8, 4) is 5.75 Å². The number of fused-ring (bicyclic) bond motifs is 1. The number of nitrogens with zero attached hydrogens (tertiary/aromatic N) is 1. The molecule has 0 saturated carbocycles. The molecule has 1 aliphatic rings. The van der Waals surface area contributed by atoms with Gasteiger partial charge in [-0.3, -0.25) is 9.59 Å². The van der Waals surface area contributed by atoms with Gasteiger partial charge >= 0.3 is 5.97 Å². The highest BCUT2D eigenvalue weighted by molar-refractivity contribution is 6.21. The van der Waals surface area contributed by atoms with E-state index in [0.29, 0.717) is 23.5 Å². The van der Waals surface area contributed by atoms with Gasteiger partial charge in [0.05, 0.1) is 11.1 Å². The van der Waals surface area contributed by atoms with Crippen molar-refractivity contribution < 1.29 is 23.9 Å². The van der Waals surface area contributed by atoms with Crippen LogP contribution < -0.4 is 4.74 Å². The van der Waals surface area contributed by atoms with Crippen molar-refractivity contribution in [1.82, 2.24) is 4.90 Å². The van der Waals surface area contributed by atoms with Gasteiger partial charge in [0.25, 0.3) is 11.8 Å². The van der Waals surface area contributed by atoms with Crippen molar-refractivity contribution in [3.63, 3.8) is 0 Å². The molecule has 0 aliphatic carbocycles. The van der Waals surface area contributed by atoms with E-state index in [9.17, 15) is 14.4 Å². The number of carbonyl (C=O) groups is 3. The second-order valence-corrected chi connectivity index (χ2v) is 6.42. The third kappa shape index (κ3) is 3.73. The number of benzene rings is 3. The number of para-hydroxylation sites is 1. The van der Waals surface area contributed by atoms with Crippen LogP contribution >= 0.6 is 0 Å². The summed E-state index contributed by atoms with van der Waals surface area (Å²) in [5.74, 6) is -1.27. The molecule has 1 heterocycles. The van der Waals surface area contributed by atoms with Crippen LogP contribution in [0.3, 0.4) is 0 Å². The van der Waals surface area contributed by atoms with Gasteiger partial charge in [-0.2, -0.15) is 0 Å². The lowest BCUT2D eigenvalue weighted by Gasteiger charge is -2.15. The summed E-state index contributed by atoms with van der Waals surface area (Å²) >= 11 is 0. The van der Waals surface area contributed by atoms with Gasteiger partial charge in [-0.15, -0.1) is 0 Å². The van der Waals surface area contributed by atoms with Gasteiger partial charge in [0.15, 0.2) is 6.73 Å². The smallest absolute Gasteiger partial charge is 0.343 e. The van der Waals surface area contributed by atoms with E-state index in [-0.39, 0.29) is 5.56 Å². The van der Waals surface area contributed by atoms with Gasteiger partial charge in [-0.05, 0) is 29.8 Å². The fourth-order valence-electron chi connectivity index (χ4n) is 3.05. The molecule has 144 valence electrons. The first-order valence-electron chi connectivity index (χ1n) is 9.03. The zero-order valence-corrected chi connectivity index (χ0v) is 15.4. The van der Waals surface area contributed by atoms with Crippen LogP contribution in [-0.2, 0) is 11.3 Å². The van der Waals surface area contributed by atoms with Crippen molar-refractivity contribution in [2.75, 3.05) is 6.73 Å². The molecule has 0 saturated heterocycles. The Labute approximate surface area is 167 Å². The van der Waals surface area contributed by atoms with Crippen molar-refractivity contribution in [2.24, 2.45) is 0 Å². The average molecular weight is 387 g/mol. The van der Waals surface area contributed by atoms with Crippen LogP contribution in [0.25, 0.3) is 0 Å². The molecule has 0 bridgehead atoms. The highest BCUT2D eigenvalue weighted by atomic mass is 16.5. The number of carbonyl (C=O) groups excluding carboxylic acids is 3. The first-order valence-corrected chi connectivity index (χ1v) is 9.03. The van der Waals surface area contributed by atoms with Gasteiger partial charge in [0.1, 0.15) is 17.9 Å². The summed E-state index contributed by atoms with van der Waals surface area (Å²) in [5.41, 5.74) is 1.79. The standard InChI is InChI=1S/C23H17NO5/c25-21-17-10-4-5-11-18(17)22(26)24(21)15-29-23(27)19-12-6-7-13-20(19)28-14-16-8-2-1-3-9-16/h1-13H,14-15H2. The quantitative estimate of drug-likeness (QED) is 0.477. The summed E-state index contributed by atoms with van der Waals surface area (Å²) < 4.78 is 11.0. The molecule has 0 radical (unpaired) electrons. The maximum absolute atomic E-state index is 12.6. The predicted octanol–water partition coefficient (Wildman–Crippen LogP) is 3.68. The Balaban J connectivity index is 1.43. The number of hydrogen-bond donors (Lipinski definition) is 0. The summed E-state index contributed by atoms with van der Waals surface area (Å²) in [5, 5.41) is 0. The lowest BCUT2D eigenvalue weighted by atomic mass is 10.1. The molecule has 6 nitrogen and oxygen atoms in total. The zero-order chi connectivity index (χ0) is 20.2. The van der Waals surface area contributed by atoms with E-state index in [2.05, 4.69) is 0 Å². The number of ether oxygens (including phenoxy) is 2. The molecule has 0 aromatic heterocycles. The van der Waals surface area contributed by atoms with Gasteiger partial charge in [-0.1, -0.05) is 54.6 Å². The fraction of sp³-hybridized carbons (Fsp3) is 0.0870. The minimum Gasteiger partial charge on any atom is -0.488 e. The molecular formula is C23H17NO5. The molecule has 0 atom stereocenters. The Morgan fingerprint density at radius 2 is 1.34 bits per heavy atom. The third-order valence-corrected chi connectivity index (χ3v) is 4.55. The molecule has 1 aliphatic heterocycles. The summed E-state index contributed by atoms with van der Waals surface area (Å²) in [4.78, 5) is 38.2. The van der Waals surface area contributed by atoms with Crippen LogP contribution in [0.1, 0.15) is 36.6 Å². The van der Waals surface area contributed by atoms with E-state index >= 15 is 0 Å². The highest BCUT2D eigenvalue weighted by Crippen LogP contribution is 2.24. The number of esters is 1. The third-order valence-electron chi connectivity index (χ3n) is 4.55. The molecule has 0 spiro atoms. The second kappa shape index (κ2) is 7.98. The molecule has 3 aromatic rings. The summed E-state index contributed by atoms with van der Waals surface area (Å²) in [6.07, 6.45) is 0. The van der Waals surface area contributed by atoms with Crippen LogP contribution in [0, 0.1) is 0 Å². The van der Waals surface area contributed by atoms with E-state index in [4.69, 9.17) is 9.47 Å². The minimum atomic E-state index is -0.676. The molecule has 0 N–H and O–H groups in total. The highest BCUT2D eigenvalue weighted by Gasteiger charge is 2.35. The Kier molecular flexibility index (Phi) is 5.07. The molecule has 2 amide bonds. The Bertz CT molecular complexity index is 1040. The average Bonchev–Trinajstić information content (AvgIpc) is 3.01. The summed E-state index contributed by atoms with van der Waals surface area (Å²) in [6, 6.07) is 22.7. The molecule has 4 rings (SSSR count). The second-order valence-electron chi connectivity index (χ2n) is 6.42. The van der Waals surface area contributed by atoms with Crippen LogP contribution in [-0.4, -0.2) is 29.4 Å². The van der Waals surface area contributed by atoms with Gasteiger partial charge in [0, 0.05) is 0 Å². The van der Waals surface area contributed by atoms with E-state index in [1.807, 2.05) is 30.3 Å². The number of imide groups is 1. The monoisotopic (exact) mass is 387 g/mol. The molecule has 6 heteroatoms. The maximum Gasteiger partial charge on any atom is 0.343 e. The first kappa shape index (κ1) is 18.4. The predicted molar refractivity (Wildman–Crippen MR) is 104 cm³/mol. The summed E-state index contributed by atoms with van der Waals surface area (Å²) in [6.45, 7) is -0.165. The molecular weight excluding hydrogens is 370 g/mol. The van der Waals surface area contributed by atoms with Crippen LogP contribution in [0.5, 0.6) is 5.75 Å². The normalized spacial score (nSPS) is 12.6. The SMILES string of the molecule is O=C(OCN1C(=O)c2ccccc2C1=O)c1ccccc1OCc1ccccc1. The van der Waals surface area contributed by atoms with E-state index in [1.54, 1.807) is 48.5 Å². The van der Waals surface area contributed by atoms with Crippen LogP contribution in [0.4, 0.5) is 0 Å². The van der Waals surface area contributed by atoms with Crippen molar-refractivity contribution in [1.29, 1.82) is 0 Å². The minimum absolute atomic E-state index is 0.222. The number of hydrogen-bond acceptors (Lipinski definition) is 5. The Hall–Kier alpha value is -3.93. The first-order chi connectivity index (χ1) is 14.1. The van der Waals surface area contributed by atoms with Gasteiger partial charge < -0.3 is 9.47 Å². The fourth-order valence-corrected chi connectivity index (χ4v) is 3.05. The van der Waals surface area contributed by atoms with E-state index in [0.717, 1.165) is 10.5 Å². The molecule has 0 unspecified atom stereocenters. The van der Waals surface area contributed by atoms with Crippen LogP contribution in [0.15, 0.2) is 78.9 Å². The zero-order valence-electron chi connectivity index (χ0n) is 15.4. The lowest BCUT2D eigenvalue weighted by Crippen LogP contribution is -2.33. The van der Waals surface area contributed by atoms with Crippen molar-refractivity contribution in [2.45, 2.75) is 6.61 Å². The summed E-state index contributed by atoms with van der Waals surface area (Å²) in [7, 11) is 0. The largest absolute Gasteiger partial charge is 0.488 e. The number of amides is 2. The van der Waals surface area contributed by atoms with Gasteiger partial charge in [0.2, 0.25) is 0 Å². The number of rotatable bonds is 6. The van der Waals surface area contributed by atoms with Crippen LogP contribution in [0.2, 0.25) is 0 Å². The Morgan fingerprint density at radius 1 is 0.759 bits per heavy atom. The molecule has 0 fully saturated rings. The Morgan fingerprint density at radius 3 is 2.03 bits per heavy atom. The lowest BCUT2D eigenvalue weighted by molar-refractivity contribution is 0.0225. The molecule has 29 heavy (non-hydrogen) atoms. The van der Waals surface area contributed by atoms with E-state index < -0.39 is 24.5 Å². The topological polar surface area (TPSA) is 72.9 Å². The van der Waals surface area contributed by atoms with Crippen molar-refractivity contribution in [3.05, 3.63) is 101 Å². The van der Waals surface area contributed by atoms with E-state index in [1.165, 1.54) is 0 Å². The molecule has 3 aromatic carbocycles.